The minimum absolute atomic E-state index is 0.276. The Morgan fingerprint density at radius 2 is 2.47 bits per heavy atom. The quantitative estimate of drug-likeness (QED) is 0.800. The van der Waals surface area contributed by atoms with Gasteiger partial charge in [0.05, 0.1) is 32.1 Å². The van der Waals surface area contributed by atoms with Crippen LogP contribution in [0.5, 0.6) is 0 Å². The number of rotatable bonds is 5. The van der Waals surface area contributed by atoms with Gasteiger partial charge in [-0.3, -0.25) is 0 Å². The van der Waals surface area contributed by atoms with Gasteiger partial charge in [-0.1, -0.05) is 0 Å². The Hall–Kier alpha value is -0.840. The van der Waals surface area contributed by atoms with Crippen molar-refractivity contribution in [1.82, 2.24) is 0 Å². The minimum Gasteiger partial charge on any atom is -0.468 e. The molecule has 1 aliphatic heterocycles. The fraction of sp³-hybridized carbons (Fsp3) is 0.636. The average molecular weight is 211 g/mol. The lowest BCUT2D eigenvalue weighted by molar-refractivity contribution is 0.0102. The van der Waals surface area contributed by atoms with E-state index in [1.165, 1.54) is 0 Å². The van der Waals surface area contributed by atoms with Crippen LogP contribution in [0.4, 0.5) is 0 Å². The zero-order chi connectivity index (χ0) is 10.5. The Balaban J connectivity index is 1.73. The van der Waals surface area contributed by atoms with Crippen molar-refractivity contribution in [2.24, 2.45) is 5.73 Å². The summed E-state index contributed by atoms with van der Waals surface area (Å²) < 4.78 is 16.2. The van der Waals surface area contributed by atoms with Crippen molar-refractivity contribution < 1.29 is 13.9 Å². The van der Waals surface area contributed by atoms with Crippen LogP contribution in [-0.4, -0.2) is 19.3 Å². The van der Waals surface area contributed by atoms with Crippen molar-refractivity contribution in [2.75, 3.05) is 13.2 Å². The fourth-order valence-corrected chi connectivity index (χ4v) is 1.75. The SMILES string of the molecule is NCc1occc1COCC1CCCO1. The first-order valence-electron chi connectivity index (χ1n) is 5.35. The lowest BCUT2D eigenvalue weighted by Gasteiger charge is -2.09. The lowest BCUT2D eigenvalue weighted by Crippen LogP contribution is -2.14. The van der Waals surface area contributed by atoms with Crippen molar-refractivity contribution in [3.8, 4) is 0 Å². The maximum Gasteiger partial charge on any atom is 0.122 e. The number of hydrogen-bond donors (Lipinski definition) is 1. The summed E-state index contributed by atoms with van der Waals surface area (Å²) in [5.74, 6) is 0.808. The van der Waals surface area contributed by atoms with E-state index in [1.807, 2.05) is 6.07 Å². The molecule has 0 bridgehead atoms. The van der Waals surface area contributed by atoms with E-state index in [4.69, 9.17) is 19.6 Å². The summed E-state index contributed by atoms with van der Waals surface area (Å²) in [6.45, 7) is 2.51. The standard InChI is InChI=1S/C11H17NO3/c12-6-11-9(3-5-15-11)7-13-8-10-2-1-4-14-10/h3,5,10H,1-2,4,6-8,12H2. The molecule has 15 heavy (non-hydrogen) atoms. The summed E-state index contributed by atoms with van der Waals surface area (Å²) in [7, 11) is 0. The maximum absolute atomic E-state index is 5.56. The van der Waals surface area contributed by atoms with Gasteiger partial charge in [-0.05, 0) is 18.9 Å². The third-order valence-corrected chi connectivity index (χ3v) is 2.61. The van der Waals surface area contributed by atoms with Crippen LogP contribution in [0.15, 0.2) is 16.7 Å². The van der Waals surface area contributed by atoms with Crippen LogP contribution in [0.2, 0.25) is 0 Å². The predicted molar refractivity (Wildman–Crippen MR) is 55.2 cm³/mol. The van der Waals surface area contributed by atoms with Crippen molar-refractivity contribution >= 4 is 0 Å². The highest BCUT2D eigenvalue weighted by atomic mass is 16.5. The predicted octanol–water partition coefficient (Wildman–Crippen LogP) is 1.43. The first kappa shape index (κ1) is 10.7. The molecule has 1 aromatic heterocycles. The highest BCUT2D eigenvalue weighted by Gasteiger charge is 2.15. The van der Waals surface area contributed by atoms with Crippen LogP contribution in [0.3, 0.4) is 0 Å². The van der Waals surface area contributed by atoms with Gasteiger partial charge in [0.25, 0.3) is 0 Å². The molecule has 84 valence electrons. The molecule has 0 aromatic carbocycles. The molecule has 1 unspecified atom stereocenters. The third kappa shape index (κ3) is 2.81. The molecule has 2 rings (SSSR count). The molecular formula is C11H17NO3. The summed E-state index contributed by atoms with van der Waals surface area (Å²) in [5.41, 5.74) is 6.55. The van der Waals surface area contributed by atoms with Crippen LogP contribution in [-0.2, 0) is 22.6 Å². The van der Waals surface area contributed by atoms with Crippen LogP contribution in [0.1, 0.15) is 24.2 Å². The third-order valence-electron chi connectivity index (χ3n) is 2.61. The monoisotopic (exact) mass is 211 g/mol. The summed E-state index contributed by atoms with van der Waals surface area (Å²) in [5, 5.41) is 0. The average Bonchev–Trinajstić information content (AvgIpc) is 2.88. The molecule has 4 heteroatoms. The van der Waals surface area contributed by atoms with E-state index in [0.717, 1.165) is 30.8 Å². The normalized spacial score (nSPS) is 21.0. The smallest absolute Gasteiger partial charge is 0.122 e. The van der Waals surface area contributed by atoms with E-state index in [1.54, 1.807) is 6.26 Å². The zero-order valence-corrected chi connectivity index (χ0v) is 8.78. The Morgan fingerprint density at radius 1 is 1.53 bits per heavy atom. The molecule has 2 N–H and O–H groups in total. The maximum atomic E-state index is 5.56. The molecular weight excluding hydrogens is 194 g/mol. The van der Waals surface area contributed by atoms with E-state index in [-0.39, 0.29) is 6.10 Å². The topological polar surface area (TPSA) is 57.6 Å². The first-order chi connectivity index (χ1) is 7.40. The van der Waals surface area contributed by atoms with E-state index in [9.17, 15) is 0 Å². The number of hydrogen-bond acceptors (Lipinski definition) is 4. The Kier molecular flexibility index (Phi) is 3.77. The first-order valence-corrected chi connectivity index (χ1v) is 5.35. The van der Waals surface area contributed by atoms with E-state index >= 15 is 0 Å². The van der Waals surface area contributed by atoms with Gasteiger partial charge in [-0.15, -0.1) is 0 Å². The van der Waals surface area contributed by atoms with Crippen LogP contribution < -0.4 is 5.73 Å². The van der Waals surface area contributed by atoms with Gasteiger partial charge in [0, 0.05) is 12.2 Å². The van der Waals surface area contributed by atoms with Crippen molar-refractivity contribution in [2.45, 2.75) is 32.1 Å². The number of furan rings is 1. The fourth-order valence-electron chi connectivity index (χ4n) is 1.75. The lowest BCUT2D eigenvalue weighted by atomic mass is 10.2. The van der Waals surface area contributed by atoms with Gasteiger partial charge >= 0.3 is 0 Å². The van der Waals surface area contributed by atoms with Gasteiger partial charge < -0.3 is 19.6 Å². The molecule has 1 aromatic rings. The van der Waals surface area contributed by atoms with Gasteiger partial charge in [-0.2, -0.15) is 0 Å². The minimum atomic E-state index is 0.276. The van der Waals surface area contributed by atoms with Gasteiger partial charge in [0.1, 0.15) is 5.76 Å². The summed E-state index contributed by atoms with van der Waals surface area (Å²) in [6.07, 6.45) is 4.17. The van der Waals surface area contributed by atoms with Gasteiger partial charge in [0.2, 0.25) is 0 Å². The highest BCUT2D eigenvalue weighted by molar-refractivity contribution is 5.15. The van der Waals surface area contributed by atoms with E-state index in [0.29, 0.717) is 19.8 Å². The molecule has 1 aliphatic rings. The molecule has 0 amide bonds. The molecule has 4 nitrogen and oxygen atoms in total. The van der Waals surface area contributed by atoms with Crippen LogP contribution >= 0.6 is 0 Å². The molecule has 0 aliphatic carbocycles. The van der Waals surface area contributed by atoms with Gasteiger partial charge in [0.15, 0.2) is 0 Å². The Labute approximate surface area is 89.3 Å². The molecule has 2 heterocycles. The second kappa shape index (κ2) is 5.30. The van der Waals surface area contributed by atoms with Crippen molar-refractivity contribution in [3.05, 3.63) is 23.7 Å². The largest absolute Gasteiger partial charge is 0.468 e. The molecule has 0 radical (unpaired) electrons. The summed E-state index contributed by atoms with van der Waals surface area (Å²) in [6, 6.07) is 1.90. The number of nitrogens with two attached hydrogens (primary N) is 1. The van der Waals surface area contributed by atoms with Crippen LogP contribution in [0, 0.1) is 0 Å². The van der Waals surface area contributed by atoms with Crippen molar-refractivity contribution in [1.29, 1.82) is 0 Å². The Morgan fingerprint density at radius 3 is 3.20 bits per heavy atom. The Bertz CT molecular complexity index is 292. The second-order valence-corrected chi connectivity index (χ2v) is 3.72. The molecule has 0 saturated carbocycles. The molecule has 1 fully saturated rings. The molecule has 1 saturated heterocycles. The van der Waals surface area contributed by atoms with Crippen LogP contribution in [0.25, 0.3) is 0 Å². The van der Waals surface area contributed by atoms with E-state index in [2.05, 4.69) is 0 Å². The van der Waals surface area contributed by atoms with E-state index < -0.39 is 0 Å². The highest BCUT2D eigenvalue weighted by Crippen LogP contribution is 2.14. The summed E-state index contributed by atoms with van der Waals surface area (Å²) >= 11 is 0. The van der Waals surface area contributed by atoms with Crippen molar-refractivity contribution in [3.63, 3.8) is 0 Å². The molecule has 0 spiro atoms. The zero-order valence-electron chi connectivity index (χ0n) is 8.78. The van der Waals surface area contributed by atoms with Gasteiger partial charge in [-0.25, -0.2) is 0 Å². The molecule has 1 atom stereocenters. The second-order valence-electron chi connectivity index (χ2n) is 3.72. The number of ether oxygens (including phenoxy) is 2. The summed E-state index contributed by atoms with van der Waals surface area (Å²) in [4.78, 5) is 0.